The van der Waals surface area contributed by atoms with Crippen LogP contribution in [-0.2, 0) is 0 Å². The van der Waals surface area contributed by atoms with Crippen molar-refractivity contribution in [2.45, 2.75) is 5.16 Å². The molecule has 7 nitrogen and oxygen atoms in total. The van der Waals surface area contributed by atoms with Crippen LogP contribution in [0.4, 0.5) is 0 Å². The van der Waals surface area contributed by atoms with Gasteiger partial charge in [0.15, 0.2) is 16.7 Å². The van der Waals surface area contributed by atoms with Crippen LogP contribution < -0.4 is 15.0 Å². The van der Waals surface area contributed by atoms with Gasteiger partial charge < -0.3 is 14.5 Å². The van der Waals surface area contributed by atoms with E-state index in [1.165, 1.54) is 49.2 Å². The number of hydrogen-bond donors (Lipinski definition) is 1. The molecule has 0 spiro atoms. The lowest BCUT2D eigenvalue weighted by atomic mass is 10.1. The molecule has 152 valence electrons. The number of thioether (sulfide) groups is 1. The summed E-state index contributed by atoms with van der Waals surface area (Å²) in [5.41, 5.74) is 0.114. The highest BCUT2D eigenvalue weighted by Crippen LogP contribution is 2.34. The number of carbonyl (C=O) groups is 1. The molecule has 3 aromatic rings. The van der Waals surface area contributed by atoms with Crippen LogP contribution in [0, 0.1) is 11.3 Å². The number of nitrogens with zero attached hydrogens (tertiary/aromatic N) is 2. The van der Waals surface area contributed by atoms with Crippen LogP contribution in [-0.4, -0.2) is 29.3 Å². The van der Waals surface area contributed by atoms with E-state index in [0.29, 0.717) is 15.7 Å². The van der Waals surface area contributed by atoms with Gasteiger partial charge in [-0.3, -0.25) is 4.79 Å². The molecular formula is C20H13Cl2N3O4S. The van der Waals surface area contributed by atoms with Gasteiger partial charge in [0.2, 0.25) is 0 Å². The van der Waals surface area contributed by atoms with E-state index in [1.807, 2.05) is 6.07 Å². The molecule has 0 atom stereocenters. The van der Waals surface area contributed by atoms with E-state index >= 15 is 0 Å². The summed E-state index contributed by atoms with van der Waals surface area (Å²) in [6, 6.07) is 10.9. The Bertz CT molecular complexity index is 1240. The maximum Gasteiger partial charge on any atom is 0.345 e. The van der Waals surface area contributed by atoms with Crippen LogP contribution in [0.3, 0.4) is 0 Å². The minimum atomic E-state index is -0.695. The number of methoxy groups -OCH3 is 1. The van der Waals surface area contributed by atoms with Gasteiger partial charge in [-0.1, -0.05) is 35.0 Å². The molecule has 30 heavy (non-hydrogen) atoms. The number of ether oxygens (including phenoxy) is 2. The second-order valence-corrected chi connectivity index (χ2v) is 7.43. The Morgan fingerprint density at radius 1 is 1.20 bits per heavy atom. The van der Waals surface area contributed by atoms with Crippen molar-refractivity contribution in [3.05, 3.63) is 67.9 Å². The SMILES string of the molecule is COc1cc(-c2nc(SC)[nH]c(=O)c2C#N)ccc1OC(=O)c1ccc(Cl)cc1Cl. The fraction of sp³-hybridized carbons (Fsp3) is 0.100. The number of aromatic nitrogens is 2. The average molecular weight is 462 g/mol. The zero-order chi connectivity index (χ0) is 21.8. The molecule has 0 unspecified atom stereocenters. The Balaban J connectivity index is 2.00. The molecule has 3 rings (SSSR count). The van der Waals surface area contributed by atoms with Gasteiger partial charge in [0.05, 0.1) is 23.4 Å². The number of hydrogen-bond acceptors (Lipinski definition) is 7. The van der Waals surface area contributed by atoms with Gasteiger partial charge >= 0.3 is 5.97 Å². The Labute approximate surface area is 185 Å². The van der Waals surface area contributed by atoms with Gasteiger partial charge in [0.25, 0.3) is 5.56 Å². The monoisotopic (exact) mass is 461 g/mol. The van der Waals surface area contributed by atoms with E-state index in [1.54, 1.807) is 12.3 Å². The summed E-state index contributed by atoms with van der Waals surface area (Å²) in [6.07, 6.45) is 1.75. The first-order chi connectivity index (χ1) is 14.4. The summed E-state index contributed by atoms with van der Waals surface area (Å²) < 4.78 is 10.7. The first kappa shape index (κ1) is 21.7. The van der Waals surface area contributed by atoms with Crippen molar-refractivity contribution in [2.24, 2.45) is 0 Å². The van der Waals surface area contributed by atoms with Crippen molar-refractivity contribution in [3.63, 3.8) is 0 Å². The van der Waals surface area contributed by atoms with Crippen LogP contribution in [0.25, 0.3) is 11.3 Å². The molecule has 1 aromatic heterocycles. The number of aromatic amines is 1. The predicted molar refractivity (Wildman–Crippen MR) is 115 cm³/mol. The number of esters is 1. The number of H-pyrrole nitrogens is 1. The highest BCUT2D eigenvalue weighted by molar-refractivity contribution is 7.98. The lowest BCUT2D eigenvalue weighted by Crippen LogP contribution is -2.14. The minimum Gasteiger partial charge on any atom is -0.493 e. The first-order valence-electron chi connectivity index (χ1n) is 8.32. The summed E-state index contributed by atoms with van der Waals surface area (Å²) in [5.74, 6) is -0.354. The summed E-state index contributed by atoms with van der Waals surface area (Å²) in [4.78, 5) is 31.5. The number of halogens is 2. The van der Waals surface area contributed by atoms with E-state index < -0.39 is 11.5 Å². The third-order valence-corrected chi connectivity index (χ3v) is 5.12. The van der Waals surface area contributed by atoms with Crippen LogP contribution in [0.5, 0.6) is 11.5 Å². The van der Waals surface area contributed by atoms with Crippen LogP contribution in [0.1, 0.15) is 15.9 Å². The quantitative estimate of drug-likeness (QED) is 0.256. The van der Waals surface area contributed by atoms with Crippen molar-refractivity contribution in [1.29, 1.82) is 5.26 Å². The summed E-state index contributed by atoms with van der Waals surface area (Å²) >= 11 is 13.1. The van der Waals surface area contributed by atoms with Gasteiger partial charge in [-0.15, -0.1) is 0 Å². The lowest BCUT2D eigenvalue weighted by molar-refractivity contribution is 0.0730. The number of nitrogens with one attached hydrogen (secondary N) is 1. The highest BCUT2D eigenvalue weighted by Gasteiger charge is 2.19. The topological polar surface area (TPSA) is 105 Å². The minimum absolute atomic E-state index is 0.130. The standard InChI is InChI=1S/C20H13Cl2N3O4S/c1-28-16-7-10(17-13(9-23)18(26)25-20(24-17)30-2)3-6-15(16)29-19(27)12-5-4-11(21)8-14(12)22/h3-8H,1-2H3,(H,24,25,26). The Morgan fingerprint density at radius 3 is 2.60 bits per heavy atom. The molecule has 0 fully saturated rings. The van der Waals surface area contributed by atoms with Crippen molar-refractivity contribution >= 4 is 40.9 Å². The van der Waals surface area contributed by atoms with Gasteiger partial charge in [-0.2, -0.15) is 5.26 Å². The van der Waals surface area contributed by atoms with Crippen molar-refractivity contribution < 1.29 is 14.3 Å². The second kappa shape index (κ2) is 9.22. The second-order valence-electron chi connectivity index (χ2n) is 5.79. The molecule has 1 heterocycles. The van der Waals surface area contributed by atoms with Crippen molar-refractivity contribution in [2.75, 3.05) is 13.4 Å². The van der Waals surface area contributed by atoms with Crippen LogP contribution in [0.2, 0.25) is 10.0 Å². The highest BCUT2D eigenvalue weighted by atomic mass is 35.5. The van der Waals surface area contributed by atoms with Gasteiger partial charge in [0, 0.05) is 10.6 Å². The molecule has 0 saturated heterocycles. The molecule has 1 N–H and O–H groups in total. The van der Waals surface area contributed by atoms with E-state index in [0.717, 1.165) is 0 Å². The van der Waals surface area contributed by atoms with Crippen molar-refractivity contribution in [3.8, 4) is 28.8 Å². The fourth-order valence-electron chi connectivity index (χ4n) is 2.57. The molecular weight excluding hydrogens is 449 g/mol. The van der Waals surface area contributed by atoms with E-state index in [2.05, 4.69) is 9.97 Å². The molecule has 0 aliphatic rings. The molecule has 0 saturated carbocycles. The molecule has 0 aliphatic heterocycles. The third kappa shape index (κ3) is 4.44. The molecule has 0 aliphatic carbocycles. The van der Waals surface area contributed by atoms with Crippen LogP contribution >= 0.6 is 35.0 Å². The Hall–Kier alpha value is -2.99. The third-order valence-electron chi connectivity index (χ3n) is 3.99. The van der Waals surface area contributed by atoms with Gasteiger partial charge in [0.1, 0.15) is 11.6 Å². The Morgan fingerprint density at radius 2 is 1.97 bits per heavy atom. The van der Waals surface area contributed by atoms with E-state index in [4.69, 9.17) is 32.7 Å². The van der Waals surface area contributed by atoms with Crippen LogP contribution in [0.15, 0.2) is 46.3 Å². The Kier molecular flexibility index (Phi) is 6.67. The van der Waals surface area contributed by atoms with Gasteiger partial charge in [-0.25, -0.2) is 9.78 Å². The smallest absolute Gasteiger partial charge is 0.345 e. The summed E-state index contributed by atoms with van der Waals surface area (Å²) in [7, 11) is 1.40. The lowest BCUT2D eigenvalue weighted by Gasteiger charge is -2.12. The largest absolute Gasteiger partial charge is 0.493 e. The fourth-order valence-corrected chi connectivity index (χ4v) is 3.43. The number of rotatable bonds is 5. The summed E-state index contributed by atoms with van der Waals surface area (Å²) in [5, 5.41) is 10.3. The number of benzene rings is 2. The molecule has 0 amide bonds. The van der Waals surface area contributed by atoms with Gasteiger partial charge in [-0.05, 0) is 42.7 Å². The maximum atomic E-state index is 12.5. The van der Waals surface area contributed by atoms with E-state index in [-0.39, 0.29) is 33.3 Å². The van der Waals surface area contributed by atoms with Crippen molar-refractivity contribution in [1.82, 2.24) is 9.97 Å². The average Bonchev–Trinajstić information content (AvgIpc) is 2.73. The molecule has 10 heteroatoms. The zero-order valence-electron chi connectivity index (χ0n) is 15.7. The number of carbonyl (C=O) groups excluding carboxylic acids is 1. The van der Waals surface area contributed by atoms with E-state index in [9.17, 15) is 14.9 Å². The predicted octanol–water partition coefficient (Wildman–Crippen LogP) is 4.57. The maximum absolute atomic E-state index is 12.5. The molecule has 0 bridgehead atoms. The first-order valence-corrected chi connectivity index (χ1v) is 10.3. The molecule has 2 aromatic carbocycles. The molecule has 0 radical (unpaired) electrons. The normalized spacial score (nSPS) is 10.4. The number of nitriles is 1. The summed E-state index contributed by atoms with van der Waals surface area (Å²) in [6.45, 7) is 0. The zero-order valence-corrected chi connectivity index (χ0v) is 18.0.